The Balaban J connectivity index is 1.55. The zero-order valence-corrected chi connectivity index (χ0v) is 21.4. The van der Waals surface area contributed by atoms with Crippen molar-refractivity contribution in [1.82, 2.24) is 15.5 Å². The van der Waals surface area contributed by atoms with E-state index >= 15 is 0 Å². The number of hydrogen-bond donors (Lipinski definition) is 3. The molecule has 4 rings (SSSR count). The van der Waals surface area contributed by atoms with Gasteiger partial charge in [-0.1, -0.05) is 33.6 Å². The van der Waals surface area contributed by atoms with Crippen LogP contribution in [-0.2, 0) is 19.8 Å². The maximum atomic E-state index is 14.1. The van der Waals surface area contributed by atoms with Crippen LogP contribution in [0.15, 0.2) is 18.2 Å². The molecule has 0 radical (unpaired) electrons. The number of likely N-dealkylation sites (tertiary alicyclic amines) is 1. The van der Waals surface area contributed by atoms with Gasteiger partial charge < -0.3 is 20.9 Å². The fourth-order valence-corrected chi connectivity index (χ4v) is 5.23. The van der Waals surface area contributed by atoms with Gasteiger partial charge in [-0.25, -0.2) is 4.39 Å². The van der Waals surface area contributed by atoms with Crippen LogP contribution < -0.4 is 16.0 Å². The summed E-state index contributed by atoms with van der Waals surface area (Å²) in [6.07, 6.45) is -2.84. The quantitative estimate of drug-likeness (QED) is 0.463. The Morgan fingerprint density at radius 2 is 1.95 bits per heavy atom. The van der Waals surface area contributed by atoms with Crippen molar-refractivity contribution >= 4 is 23.4 Å². The van der Waals surface area contributed by atoms with Crippen molar-refractivity contribution in [2.45, 2.75) is 76.2 Å². The van der Waals surface area contributed by atoms with Gasteiger partial charge in [-0.2, -0.15) is 18.4 Å². The highest BCUT2D eigenvalue weighted by molar-refractivity contribution is 6.07. The molecule has 1 saturated carbocycles. The minimum absolute atomic E-state index is 0.0000681. The fraction of sp³-hybridized carbons (Fsp3) is 0.615. The molecule has 1 aromatic carbocycles. The molecule has 3 aliphatic rings. The SMILES string of the molecule is CC(C)(C)[C@@H](CN[C@@H](CC1CC1)C(=O)N1C[C@]2(C[C@H]1C#N)C(=O)Nc1ccc(F)cc12)NC(=O)C(F)(F)F. The Hall–Kier alpha value is -3.20. The fourth-order valence-electron chi connectivity index (χ4n) is 5.23. The largest absolute Gasteiger partial charge is 0.471 e. The lowest BCUT2D eigenvalue weighted by Gasteiger charge is -2.34. The van der Waals surface area contributed by atoms with Crippen molar-refractivity contribution in [2.75, 3.05) is 18.4 Å². The van der Waals surface area contributed by atoms with E-state index in [1.165, 1.54) is 23.1 Å². The number of carbonyl (C=O) groups is 3. The zero-order chi connectivity index (χ0) is 28.0. The third kappa shape index (κ3) is 5.48. The Kier molecular flexibility index (Phi) is 7.20. The Morgan fingerprint density at radius 1 is 1.26 bits per heavy atom. The van der Waals surface area contributed by atoms with E-state index in [2.05, 4.69) is 16.7 Å². The molecule has 2 heterocycles. The minimum Gasteiger partial charge on any atom is -0.344 e. The average Bonchev–Trinajstić information content (AvgIpc) is 3.50. The predicted octanol–water partition coefficient (Wildman–Crippen LogP) is 2.99. The third-order valence-corrected chi connectivity index (χ3v) is 7.71. The standard InChI is InChI=1S/C26H31F4N5O3/c1-24(2,3)20(34-23(38)26(28,29)30)12-32-19(8-14-4-5-14)21(36)35-13-25(10-16(35)11-31)17-9-15(27)6-7-18(17)33-22(25)37/h6-7,9,14,16,19-20,32H,4-5,8,10,12-13H2,1-3H3,(H,33,37)(H,34,38)/t16-,19-,20+,25-/m0/s1. The molecule has 3 amide bonds. The number of nitrogens with zero attached hydrogens (tertiary/aromatic N) is 2. The van der Waals surface area contributed by atoms with Gasteiger partial charge >= 0.3 is 12.1 Å². The van der Waals surface area contributed by atoms with E-state index in [1.807, 2.05) is 5.32 Å². The molecule has 0 unspecified atom stereocenters. The van der Waals surface area contributed by atoms with Crippen LogP contribution in [0.1, 0.15) is 52.0 Å². The van der Waals surface area contributed by atoms with E-state index in [0.29, 0.717) is 17.7 Å². The molecule has 1 aromatic rings. The predicted molar refractivity (Wildman–Crippen MR) is 129 cm³/mol. The van der Waals surface area contributed by atoms with E-state index in [0.717, 1.165) is 12.8 Å². The number of fused-ring (bicyclic) bond motifs is 2. The molecule has 2 aliphatic heterocycles. The second-order valence-corrected chi connectivity index (χ2v) is 11.6. The number of rotatable bonds is 7. The van der Waals surface area contributed by atoms with Crippen LogP contribution in [0.25, 0.3) is 0 Å². The van der Waals surface area contributed by atoms with Gasteiger partial charge in [-0.3, -0.25) is 14.4 Å². The molecule has 8 nitrogen and oxygen atoms in total. The molecule has 1 saturated heterocycles. The van der Waals surface area contributed by atoms with Crippen LogP contribution in [0.2, 0.25) is 0 Å². The van der Waals surface area contributed by atoms with Crippen LogP contribution in [0.4, 0.5) is 23.2 Å². The maximum Gasteiger partial charge on any atom is 0.471 e. The molecule has 1 spiro atoms. The number of carbonyl (C=O) groups excluding carboxylic acids is 3. The summed E-state index contributed by atoms with van der Waals surface area (Å²) in [5.74, 6) is -3.22. The van der Waals surface area contributed by atoms with Gasteiger partial charge in [0.05, 0.1) is 17.5 Å². The van der Waals surface area contributed by atoms with Crippen molar-refractivity contribution in [3.63, 3.8) is 0 Å². The molecule has 38 heavy (non-hydrogen) atoms. The monoisotopic (exact) mass is 537 g/mol. The molecule has 206 valence electrons. The first kappa shape index (κ1) is 27.8. The van der Waals surface area contributed by atoms with E-state index < -0.39 is 58.7 Å². The van der Waals surface area contributed by atoms with Crippen molar-refractivity contribution < 1.29 is 31.9 Å². The Bertz CT molecular complexity index is 1170. The summed E-state index contributed by atoms with van der Waals surface area (Å²) >= 11 is 0. The highest BCUT2D eigenvalue weighted by atomic mass is 19.4. The molecule has 1 aliphatic carbocycles. The topological polar surface area (TPSA) is 114 Å². The second-order valence-electron chi connectivity index (χ2n) is 11.6. The van der Waals surface area contributed by atoms with Crippen LogP contribution in [0, 0.1) is 28.5 Å². The van der Waals surface area contributed by atoms with E-state index in [-0.39, 0.29) is 25.4 Å². The summed E-state index contributed by atoms with van der Waals surface area (Å²) in [6.45, 7) is 4.80. The molecule has 3 N–H and O–H groups in total. The summed E-state index contributed by atoms with van der Waals surface area (Å²) < 4.78 is 52.8. The number of alkyl halides is 3. The molecule has 4 atom stereocenters. The number of nitrogens with one attached hydrogen (secondary N) is 3. The summed E-state index contributed by atoms with van der Waals surface area (Å²) in [6, 6.07) is 3.27. The number of amides is 3. The molecular weight excluding hydrogens is 506 g/mol. The summed E-state index contributed by atoms with van der Waals surface area (Å²) in [5, 5.41) is 17.7. The molecule has 0 aromatic heterocycles. The van der Waals surface area contributed by atoms with E-state index in [1.54, 1.807) is 20.8 Å². The Morgan fingerprint density at radius 3 is 2.53 bits per heavy atom. The number of benzene rings is 1. The highest BCUT2D eigenvalue weighted by Crippen LogP contribution is 2.47. The van der Waals surface area contributed by atoms with Crippen molar-refractivity contribution in [3.8, 4) is 6.07 Å². The highest BCUT2D eigenvalue weighted by Gasteiger charge is 2.56. The molecular formula is C26H31F4N5O3. The number of halogens is 4. The Labute approximate surface area is 218 Å². The van der Waals surface area contributed by atoms with Gasteiger partial charge in [0.15, 0.2) is 0 Å². The van der Waals surface area contributed by atoms with Crippen LogP contribution in [0.5, 0.6) is 0 Å². The van der Waals surface area contributed by atoms with Crippen molar-refractivity contribution in [1.29, 1.82) is 5.26 Å². The first-order chi connectivity index (χ1) is 17.7. The number of hydrogen-bond acceptors (Lipinski definition) is 5. The van der Waals surface area contributed by atoms with Crippen molar-refractivity contribution in [2.24, 2.45) is 11.3 Å². The van der Waals surface area contributed by atoms with Gasteiger partial charge in [0.2, 0.25) is 11.8 Å². The second kappa shape index (κ2) is 9.84. The number of anilines is 1. The summed E-state index contributed by atoms with van der Waals surface area (Å²) in [4.78, 5) is 39.8. The summed E-state index contributed by atoms with van der Waals surface area (Å²) in [5.41, 5.74) is -1.20. The van der Waals surface area contributed by atoms with Gasteiger partial charge in [0.1, 0.15) is 11.9 Å². The first-order valence-corrected chi connectivity index (χ1v) is 12.6. The summed E-state index contributed by atoms with van der Waals surface area (Å²) in [7, 11) is 0. The van der Waals surface area contributed by atoms with Crippen LogP contribution in [-0.4, -0.2) is 60.0 Å². The maximum absolute atomic E-state index is 14.1. The first-order valence-electron chi connectivity index (χ1n) is 12.6. The zero-order valence-electron chi connectivity index (χ0n) is 21.4. The normalized spacial score (nSPS) is 24.5. The number of nitriles is 1. The molecule has 12 heteroatoms. The molecule has 2 fully saturated rings. The van der Waals surface area contributed by atoms with Crippen LogP contribution >= 0.6 is 0 Å². The van der Waals surface area contributed by atoms with Gasteiger partial charge in [-0.05, 0) is 41.5 Å². The lowest BCUT2D eigenvalue weighted by atomic mass is 9.79. The third-order valence-electron chi connectivity index (χ3n) is 7.71. The van der Waals surface area contributed by atoms with Gasteiger partial charge in [0.25, 0.3) is 0 Å². The average molecular weight is 538 g/mol. The molecule has 0 bridgehead atoms. The van der Waals surface area contributed by atoms with Gasteiger partial charge in [-0.15, -0.1) is 0 Å². The van der Waals surface area contributed by atoms with Gasteiger partial charge in [0, 0.05) is 31.2 Å². The lowest BCUT2D eigenvalue weighted by Crippen LogP contribution is -2.57. The van der Waals surface area contributed by atoms with Crippen molar-refractivity contribution in [3.05, 3.63) is 29.6 Å². The van der Waals surface area contributed by atoms with E-state index in [4.69, 9.17) is 0 Å². The van der Waals surface area contributed by atoms with Crippen LogP contribution in [0.3, 0.4) is 0 Å². The minimum atomic E-state index is -5.05. The smallest absolute Gasteiger partial charge is 0.344 e. The van der Waals surface area contributed by atoms with E-state index in [9.17, 15) is 37.2 Å². The lowest BCUT2D eigenvalue weighted by molar-refractivity contribution is -0.175.